The van der Waals surface area contributed by atoms with Gasteiger partial charge in [0.05, 0.1) is 0 Å². The number of rotatable bonds is 2. The van der Waals surface area contributed by atoms with Crippen LogP contribution in [0.1, 0.15) is 52.7 Å². The average Bonchev–Trinajstić information content (AvgIpc) is 2.60. The van der Waals surface area contributed by atoms with Crippen LogP contribution in [0, 0.1) is 0 Å². The first kappa shape index (κ1) is 18.5. The Bertz CT molecular complexity index is 870. The van der Waals surface area contributed by atoms with E-state index < -0.39 is 0 Å². The van der Waals surface area contributed by atoms with Crippen LogP contribution in [0.25, 0.3) is 22.3 Å². The van der Waals surface area contributed by atoms with Gasteiger partial charge in [0.2, 0.25) is 0 Å². The Balaban J connectivity index is 2.10. The van der Waals surface area contributed by atoms with Crippen molar-refractivity contribution in [3.63, 3.8) is 0 Å². The molecule has 0 N–H and O–H groups in total. The highest BCUT2D eigenvalue weighted by molar-refractivity contribution is 5.73. The summed E-state index contributed by atoms with van der Waals surface area (Å²) < 4.78 is 0. The minimum atomic E-state index is 0.115. The van der Waals surface area contributed by atoms with Crippen molar-refractivity contribution in [2.75, 3.05) is 0 Å². The van der Waals surface area contributed by atoms with Gasteiger partial charge in [-0.25, -0.2) is 0 Å². The lowest BCUT2D eigenvalue weighted by Crippen LogP contribution is -2.16. The molecule has 3 rings (SSSR count). The van der Waals surface area contributed by atoms with Crippen LogP contribution in [0.15, 0.2) is 72.8 Å². The molecule has 26 heavy (non-hydrogen) atoms. The Morgan fingerprint density at radius 2 is 1.04 bits per heavy atom. The highest BCUT2D eigenvalue weighted by Gasteiger charge is 2.22. The molecule has 0 saturated heterocycles. The smallest absolute Gasteiger partial charge is 0.0126 e. The van der Waals surface area contributed by atoms with E-state index in [9.17, 15) is 0 Å². The molecule has 0 radical (unpaired) electrons. The van der Waals surface area contributed by atoms with Gasteiger partial charge in [-0.15, -0.1) is 0 Å². The van der Waals surface area contributed by atoms with Crippen molar-refractivity contribution in [2.45, 2.75) is 52.4 Å². The van der Waals surface area contributed by atoms with Gasteiger partial charge in [0.25, 0.3) is 0 Å². The van der Waals surface area contributed by atoms with Gasteiger partial charge in [0.1, 0.15) is 0 Å². The molecular formula is C26H30. The summed E-state index contributed by atoms with van der Waals surface area (Å²) in [5, 5.41) is 0. The van der Waals surface area contributed by atoms with E-state index >= 15 is 0 Å². The summed E-state index contributed by atoms with van der Waals surface area (Å²) in [4.78, 5) is 0. The molecule has 0 amide bonds. The van der Waals surface area contributed by atoms with Gasteiger partial charge >= 0.3 is 0 Å². The first-order chi connectivity index (χ1) is 12.2. The fourth-order valence-electron chi connectivity index (χ4n) is 3.38. The minimum Gasteiger partial charge on any atom is -0.0622 e. The molecular weight excluding hydrogens is 312 g/mol. The van der Waals surface area contributed by atoms with Crippen LogP contribution in [0.4, 0.5) is 0 Å². The zero-order chi connectivity index (χ0) is 18.9. The second-order valence-electron chi connectivity index (χ2n) is 9.20. The molecule has 0 heteroatoms. The van der Waals surface area contributed by atoms with Crippen molar-refractivity contribution in [1.82, 2.24) is 0 Å². The molecule has 3 aromatic rings. The third kappa shape index (κ3) is 3.90. The van der Waals surface area contributed by atoms with E-state index in [0.29, 0.717) is 0 Å². The third-order valence-electron chi connectivity index (χ3n) is 5.00. The summed E-state index contributed by atoms with van der Waals surface area (Å²) in [5.41, 5.74) is 8.21. The Morgan fingerprint density at radius 1 is 0.500 bits per heavy atom. The largest absolute Gasteiger partial charge is 0.0622 e. The molecule has 0 heterocycles. The molecule has 0 aliphatic heterocycles. The fraction of sp³-hybridized carbons (Fsp3) is 0.308. The average molecular weight is 343 g/mol. The van der Waals surface area contributed by atoms with Gasteiger partial charge in [-0.3, -0.25) is 0 Å². The van der Waals surface area contributed by atoms with Crippen molar-refractivity contribution in [3.05, 3.63) is 83.9 Å². The van der Waals surface area contributed by atoms with Gasteiger partial charge in [0, 0.05) is 0 Å². The normalized spacial score (nSPS) is 12.2. The van der Waals surface area contributed by atoms with Crippen LogP contribution >= 0.6 is 0 Å². The molecule has 0 fully saturated rings. The third-order valence-corrected chi connectivity index (χ3v) is 5.00. The van der Waals surface area contributed by atoms with Crippen molar-refractivity contribution < 1.29 is 0 Å². The molecule has 0 saturated carbocycles. The summed E-state index contributed by atoms with van der Waals surface area (Å²) >= 11 is 0. The van der Waals surface area contributed by atoms with E-state index in [0.717, 1.165) is 0 Å². The summed E-state index contributed by atoms with van der Waals surface area (Å²) in [6.45, 7) is 13.7. The maximum absolute atomic E-state index is 2.39. The molecule has 134 valence electrons. The molecule has 3 aromatic carbocycles. The van der Waals surface area contributed by atoms with E-state index in [1.165, 1.54) is 33.4 Å². The Hall–Kier alpha value is -2.34. The van der Waals surface area contributed by atoms with Crippen LogP contribution in [0.5, 0.6) is 0 Å². The monoisotopic (exact) mass is 342 g/mol. The van der Waals surface area contributed by atoms with Gasteiger partial charge in [0.15, 0.2) is 0 Å². The summed E-state index contributed by atoms with van der Waals surface area (Å²) in [5.74, 6) is 0. The van der Waals surface area contributed by atoms with Crippen molar-refractivity contribution in [3.8, 4) is 22.3 Å². The van der Waals surface area contributed by atoms with Crippen molar-refractivity contribution in [2.24, 2.45) is 0 Å². The first-order valence-electron chi connectivity index (χ1n) is 9.47. The molecule has 0 nitrogen and oxygen atoms in total. The van der Waals surface area contributed by atoms with Crippen molar-refractivity contribution >= 4 is 0 Å². The number of benzene rings is 3. The molecule has 0 bridgehead atoms. The van der Waals surface area contributed by atoms with Gasteiger partial charge in [-0.05, 0) is 44.2 Å². The maximum atomic E-state index is 2.39. The lowest BCUT2D eigenvalue weighted by atomic mass is 9.78. The maximum Gasteiger partial charge on any atom is -0.0126 e. The second-order valence-corrected chi connectivity index (χ2v) is 9.20. The highest BCUT2D eigenvalue weighted by atomic mass is 14.3. The van der Waals surface area contributed by atoms with E-state index in [-0.39, 0.29) is 10.8 Å². The zero-order valence-electron chi connectivity index (χ0n) is 16.9. The molecule has 0 aliphatic rings. The minimum absolute atomic E-state index is 0.115. The zero-order valence-corrected chi connectivity index (χ0v) is 16.9. The number of hydrogen-bond donors (Lipinski definition) is 0. The molecule has 0 aliphatic carbocycles. The lowest BCUT2D eigenvalue weighted by molar-refractivity contribution is 0.578. The van der Waals surface area contributed by atoms with E-state index in [2.05, 4.69) is 114 Å². The number of hydrogen-bond acceptors (Lipinski definition) is 0. The first-order valence-corrected chi connectivity index (χ1v) is 9.47. The topological polar surface area (TPSA) is 0 Å². The Kier molecular flexibility index (Phi) is 4.80. The quantitative estimate of drug-likeness (QED) is 0.449. The van der Waals surface area contributed by atoms with E-state index in [1.807, 2.05) is 0 Å². The highest BCUT2D eigenvalue weighted by Crippen LogP contribution is 2.37. The van der Waals surface area contributed by atoms with Gasteiger partial charge < -0.3 is 0 Å². The van der Waals surface area contributed by atoms with Crippen LogP contribution in [0.3, 0.4) is 0 Å². The SMILES string of the molecule is CC(C)(C)c1ccc(C(C)(C)C)c(-c2ccc(-c3ccccc3)cc2)c1. The Labute approximate surface area is 158 Å². The molecule has 0 unspecified atom stereocenters. The summed E-state index contributed by atoms with van der Waals surface area (Å²) in [6, 6.07) is 26.6. The predicted octanol–water partition coefficient (Wildman–Crippen LogP) is 7.62. The van der Waals surface area contributed by atoms with E-state index in [4.69, 9.17) is 0 Å². The predicted molar refractivity (Wildman–Crippen MR) is 115 cm³/mol. The van der Waals surface area contributed by atoms with E-state index in [1.54, 1.807) is 0 Å². The molecule has 0 atom stereocenters. The van der Waals surface area contributed by atoms with Crippen LogP contribution < -0.4 is 0 Å². The van der Waals surface area contributed by atoms with Crippen LogP contribution in [0.2, 0.25) is 0 Å². The summed E-state index contributed by atoms with van der Waals surface area (Å²) in [6.07, 6.45) is 0. The van der Waals surface area contributed by atoms with Crippen LogP contribution in [-0.2, 0) is 10.8 Å². The summed E-state index contributed by atoms with van der Waals surface area (Å²) in [7, 11) is 0. The molecule has 0 spiro atoms. The Morgan fingerprint density at radius 3 is 1.58 bits per heavy atom. The van der Waals surface area contributed by atoms with Crippen LogP contribution in [-0.4, -0.2) is 0 Å². The fourth-order valence-corrected chi connectivity index (χ4v) is 3.38. The molecule has 0 aromatic heterocycles. The van der Waals surface area contributed by atoms with Crippen molar-refractivity contribution in [1.29, 1.82) is 0 Å². The lowest BCUT2D eigenvalue weighted by Gasteiger charge is -2.27. The standard InChI is InChI=1S/C26H30/c1-25(2,3)22-16-17-24(26(4,5)6)23(18-22)21-14-12-20(13-15-21)19-10-8-7-9-11-19/h7-18H,1-6H3. The van der Waals surface area contributed by atoms with Gasteiger partial charge in [-0.1, -0.05) is 114 Å². The second kappa shape index (κ2) is 6.76. The van der Waals surface area contributed by atoms with Gasteiger partial charge in [-0.2, -0.15) is 0 Å².